The van der Waals surface area contributed by atoms with E-state index >= 15 is 0 Å². The predicted octanol–water partition coefficient (Wildman–Crippen LogP) is 2.83. The number of hydrogen-bond acceptors (Lipinski definition) is 2. The Morgan fingerprint density at radius 1 is 1.11 bits per heavy atom. The summed E-state index contributed by atoms with van der Waals surface area (Å²) in [5, 5.41) is 0.00673. The van der Waals surface area contributed by atoms with E-state index in [-0.39, 0.29) is 16.1 Å². The highest BCUT2D eigenvalue weighted by Gasteiger charge is 2.16. The number of carbonyl (C=O) groups is 1. The Morgan fingerprint density at radius 2 is 1.72 bits per heavy atom. The maximum Gasteiger partial charge on any atom is 0.250 e. The summed E-state index contributed by atoms with van der Waals surface area (Å²) in [6.45, 7) is 0. The molecule has 3 nitrogen and oxygen atoms in total. The standard InChI is InChI=1S/C13H10ClFN2O/c14-12-9(13(17)18)5-6-10(15)11(12)7-1-3-8(16)4-2-7/h1-6H,16H2,(H2,17,18). The first-order chi connectivity index (χ1) is 8.50. The molecule has 0 bridgehead atoms. The quantitative estimate of drug-likeness (QED) is 0.819. The van der Waals surface area contributed by atoms with Gasteiger partial charge in [-0.15, -0.1) is 0 Å². The molecule has 5 heteroatoms. The number of carbonyl (C=O) groups excluding carboxylic acids is 1. The monoisotopic (exact) mass is 264 g/mol. The van der Waals surface area contributed by atoms with Gasteiger partial charge in [-0.2, -0.15) is 0 Å². The van der Waals surface area contributed by atoms with Gasteiger partial charge in [0.2, 0.25) is 5.91 Å². The second-order valence-corrected chi connectivity index (χ2v) is 4.15. The van der Waals surface area contributed by atoms with Crippen molar-refractivity contribution in [3.8, 4) is 11.1 Å². The number of rotatable bonds is 2. The van der Waals surface area contributed by atoms with Crippen LogP contribution in [0.25, 0.3) is 11.1 Å². The molecule has 0 fully saturated rings. The molecule has 4 N–H and O–H groups in total. The molecule has 18 heavy (non-hydrogen) atoms. The van der Waals surface area contributed by atoms with Crippen molar-refractivity contribution < 1.29 is 9.18 Å². The first kappa shape index (κ1) is 12.4. The third-order valence-corrected chi connectivity index (χ3v) is 2.95. The molecule has 0 heterocycles. The zero-order valence-electron chi connectivity index (χ0n) is 9.28. The van der Waals surface area contributed by atoms with Crippen molar-refractivity contribution in [1.29, 1.82) is 0 Å². The lowest BCUT2D eigenvalue weighted by molar-refractivity contribution is 0.100. The first-order valence-electron chi connectivity index (χ1n) is 5.14. The van der Waals surface area contributed by atoms with E-state index in [1.165, 1.54) is 6.07 Å². The fourth-order valence-electron chi connectivity index (χ4n) is 1.66. The lowest BCUT2D eigenvalue weighted by Gasteiger charge is -2.09. The number of halogens is 2. The van der Waals surface area contributed by atoms with Crippen molar-refractivity contribution >= 4 is 23.2 Å². The predicted molar refractivity (Wildman–Crippen MR) is 69.8 cm³/mol. The van der Waals surface area contributed by atoms with Crippen LogP contribution >= 0.6 is 11.6 Å². The van der Waals surface area contributed by atoms with Gasteiger partial charge in [-0.05, 0) is 29.8 Å². The summed E-state index contributed by atoms with van der Waals surface area (Å²) >= 11 is 6.01. The van der Waals surface area contributed by atoms with E-state index in [0.29, 0.717) is 11.3 Å². The Labute approximate surface area is 108 Å². The third kappa shape index (κ3) is 2.15. The van der Waals surface area contributed by atoms with Crippen LogP contribution in [0.1, 0.15) is 10.4 Å². The van der Waals surface area contributed by atoms with Gasteiger partial charge in [0.05, 0.1) is 10.6 Å². The van der Waals surface area contributed by atoms with Crippen molar-refractivity contribution in [1.82, 2.24) is 0 Å². The van der Waals surface area contributed by atoms with E-state index in [2.05, 4.69) is 0 Å². The summed E-state index contributed by atoms with van der Waals surface area (Å²) in [6.07, 6.45) is 0. The molecular weight excluding hydrogens is 255 g/mol. The Hall–Kier alpha value is -2.07. The molecule has 0 aromatic heterocycles. The van der Waals surface area contributed by atoms with Gasteiger partial charge in [0, 0.05) is 11.3 Å². The highest BCUT2D eigenvalue weighted by atomic mass is 35.5. The summed E-state index contributed by atoms with van der Waals surface area (Å²) < 4.78 is 13.8. The molecule has 0 unspecified atom stereocenters. The normalized spacial score (nSPS) is 10.3. The molecule has 0 aliphatic heterocycles. The van der Waals surface area contributed by atoms with Crippen LogP contribution in [0.5, 0.6) is 0 Å². The molecule has 2 aromatic carbocycles. The van der Waals surface area contributed by atoms with Gasteiger partial charge in [0.25, 0.3) is 0 Å². The Morgan fingerprint density at radius 3 is 2.28 bits per heavy atom. The van der Waals surface area contributed by atoms with E-state index in [4.69, 9.17) is 23.1 Å². The minimum atomic E-state index is -0.698. The van der Waals surface area contributed by atoms with Crippen molar-refractivity contribution in [3.05, 3.63) is 52.8 Å². The highest BCUT2D eigenvalue weighted by Crippen LogP contribution is 2.33. The molecule has 92 valence electrons. The van der Waals surface area contributed by atoms with Crippen LogP contribution in [0.3, 0.4) is 0 Å². The molecule has 0 spiro atoms. The number of nitrogens with two attached hydrogens (primary N) is 2. The van der Waals surface area contributed by atoms with Crippen molar-refractivity contribution in [2.75, 3.05) is 5.73 Å². The molecule has 0 saturated carbocycles. The van der Waals surface area contributed by atoms with Gasteiger partial charge in [-0.25, -0.2) is 4.39 Å². The van der Waals surface area contributed by atoms with Crippen LogP contribution in [-0.4, -0.2) is 5.91 Å². The van der Waals surface area contributed by atoms with E-state index in [9.17, 15) is 9.18 Å². The fraction of sp³-hybridized carbons (Fsp3) is 0. The van der Waals surface area contributed by atoms with Crippen LogP contribution < -0.4 is 11.5 Å². The van der Waals surface area contributed by atoms with Gasteiger partial charge < -0.3 is 11.5 Å². The Kier molecular flexibility index (Phi) is 3.21. The minimum absolute atomic E-state index is 0.00673. The maximum absolute atomic E-state index is 13.8. The molecule has 0 aliphatic carbocycles. The van der Waals surface area contributed by atoms with E-state index in [1.807, 2.05) is 0 Å². The number of benzene rings is 2. The van der Waals surface area contributed by atoms with E-state index in [0.717, 1.165) is 6.07 Å². The van der Waals surface area contributed by atoms with Crippen LogP contribution in [-0.2, 0) is 0 Å². The number of anilines is 1. The molecule has 2 aromatic rings. The average Bonchev–Trinajstić information content (AvgIpc) is 2.31. The lowest BCUT2D eigenvalue weighted by Crippen LogP contribution is -2.12. The van der Waals surface area contributed by atoms with Gasteiger partial charge in [-0.1, -0.05) is 23.7 Å². The summed E-state index contributed by atoms with van der Waals surface area (Å²) in [6, 6.07) is 8.94. The number of primary amides is 1. The lowest BCUT2D eigenvalue weighted by atomic mass is 10.0. The average molecular weight is 265 g/mol. The highest BCUT2D eigenvalue weighted by molar-refractivity contribution is 6.36. The Bertz CT molecular complexity index is 611. The van der Waals surface area contributed by atoms with Crippen LogP contribution in [0.2, 0.25) is 5.02 Å². The third-order valence-electron chi connectivity index (χ3n) is 2.56. The summed E-state index contributed by atoms with van der Waals surface area (Å²) in [4.78, 5) is 11.2. The van der Waals surface area contributed by atoms with Gasteiger partial charge >= 0.3 is 0 Å². The minimum Gasteiger partial charge on any atom is -0.399 e. The number of nitrogen functional groups attached to an aromatic ring is 1. The molecule has 0 saturated heterocycles. The van der Waals surface area contributed by atoms with Gasteiger partial charge in [0.15, 0.2) is 0 Å². The topological polar surface area (TPSA) is 69.1 Å². The fourth-order valence-corrected chi connectivity index (χ4v) is 2.01. The van der Waals surface area contributed by atoms with Gasteiger partial charge in [-0.3, -0.25) is 4.79 Å². The maximum atomic E-state index is 13.8. The summed E-state index contributed by atoms with van der Waals surface area (Å²) in [5.74, 6) is -1.22. The van der Waals surface area contributed by atoms with Crippen LogP contribution in [0.15, 0.2) is 36.4 Å². The zero-order valence-corrected chi connectivity index (χ0v) is 10.0. The summed E-state index contributed by atoms with van der Waals surface area (Å²) in [7, 11) is 0. The second kappa shape index (κ2) is 4.66. The van der Waals surface area contributed by atoms with Crippen molar-refractivity contribution in [2.45, 2.75) is 0 Å². The number of hydrogen-bond donors (Lipinski definition) is 2. The molecule has 0 radical (unpaired) electrons. The number of amides is 1. The SMILES string of the molecule is NC(=O)c1ccc(F)c(-c2ccc(N)cc2)c1Cl. The van der Waals surface area contributed by atoms with Gasteiger partial charge in [0.1, 0.15) is 5.82 Å². The van der Waals surface area contributed by atoms with Crippen molar-refractivity contribution in [3.63, 3.8) is 0 Å². The van der Waals surface area contributed by atoms with E-state index < -0.39 is 11.7 Å². The molecule has 2 rings (SSSR count). The molecule has 0 atom stereocenters. The second-order valence-electron chi connectivity index (χ2n) is 3.77. The van der Waals surface area contributed by atoms with E-state index in [1.54, 1.807) is 24.3 Å². The first-order valence-corrected chi connectivity index (χ1v) is 5.52. The molecule has 0 aliphatic rings. The largest absolute Gasteiger partial charge is 0.399 e. The Balaban J connectivity index is 2.66. The summed E-state index contributed by atoms with van der Waals surface area (Å²) in [5.41, 5.74) is 12.1. The zero-order chi connectivity index (χ0) is 13.3. The van der Waals surface area contributed by atoms with Crippen LogP contribution in [0, 0.1) is 5.82 Å². The van der Waals surface area contributed by atoms with Crippen LogP contribution in [0.4, 0.5) is 10.1 Å². The smallest absolute Gasteiger partial charge is 0.250 e. The van der Waals surface area contributed by atoms with Crippen molar-refractivity contribution in [2.24, 2.45) is 5.73 Å². The molecular formula is C13H10ClFN2O. The molecule has 1 amide bonds.